The van der Waals surface area contributed by atoms with Gasteiger partial charge in [0.25, 0.3) is 0 Å². The topological polar surface area (TPSA) is 0 Å². The molecule has 3 radical (unpaired) electrons. The van der Waals surface area contributed by atoms with Gasteiger partial charge in [-0.3, -0.25) is 5.57 Å². The van der Waals surface area contributed by atoms with Crippen LogP contribution in [0.15, 0.2) is 5.57 Å². The molecule has 3 heteroatoms. The van der Waals surface area contributed by atoms with E-state index in [2.05, 4.69) is 13.8 Å². The molecule has 0 saturated carbocycles. The van der Waals surface area contributed by atoms with Crippen molar-refractivity contribution in [3.05, 3.63) is 41.9 Å². The Morgan fingerprint density at radius 2 is 0.722 bits per heavy atom. The first-order valence-corrected chi connectivity index (χ1v) is 2.23. The van der Waals surface area contributed by atoms with E-state index in [9.17, 15) is 0 Å². The van der Waals surface area contributed by atoms with Crippen molar-refractivity contribution in [2.45, 2.75) is 57.9 Å². The number of hydrogen-bond donors (Lipinski definition) is 0. The van der Waals surface area contributed by atoms with Crippen LogP contribution in [0.5, 0.6) is 0 Å². The Balaban J connectivity index is -0.00000000189. The van der Waals surface area contributed by atoms with Gasteiger partial charge in [-0.1, -0.05) is 63.8 Å². The Morgan fingerprint density at radius 3 is 0.722 bits per heavy atom. The first-order valence-electron chi connectivity index (χ1n) is 2.23. The van der Waals surface area contributed by atoms with Crippen molar-refractivity contribution in [2.75, 3.05) is 0 Å². The fourth-order valence-electron chi connectivity index (χ4n) is 0. The molecule has 0 rings (SSSR count). The summed E-state index contributed by atoms with van der Waals surface area (Å²) in [4.78, 5) is 0. The Kier molecular flexibility index (Phi) is 644. The predicted octanol–water partition coefficient (Wildman–Crippen LogP) is 7.00. The fourth-order valence-corrected chi connectivity index (χ4v) is 0. The molecule has 0 aromatic heterocycles. The van der Waals surface area contributed by atoms with Gasteiger partial charge < -0.3 is 36.3 Å². The molecule has 0 amide bonds. The Bertz CT molecular complexity index is 62.8. The fraction of sp³-hybridized carbons (Fsp3) is 0.600. The van der Waals surface area contributed by atoms with E-state index in [0.29, 0.717) is 5.92 Å². The van der Waals surface area contributed by atoms with Crippen molar-refractivity contribution in [3.8, 4) is 0 Å². The molecule has 117 valence electrons. The smallest absolute Gasteiger partial charge is 0 e. The van der Waals surface area contributed by atoms with Crippen LogP contribution in [-0.4, -0.2) is 0 Å². The van der Waals surface area contributed by atoms with Gasteiger partial charge in [-0.15, -0.1) is 0 Å². The van der Waals surface area contributed by atoms with Crippen molar-refractivity contribution in [1.82, 2.24) is 0 Å². The third-order valence-corrected chi connectivity index (χ3v) is 0.911. The molecule has 0 aromatic rings. The molecule has 0 aliphatic heterocycles. The van der Waals surface area contributed by atoms with Crippen LogP contribution in [0.25, 0.3) is 0 Å². The van der Waals surface area contributed by atoms with E-state index in [1.165, 1.54) is 0 Å². The van der Waals surface area contributed by atoms with E-state index in [1.54, 1.807) is 0 Å². The second-order valence-corrected chi connectivity index (χ2v) is 1.90. The van der Waals surface area contributed by atoms with Gasteiger partial charge in [0.15, 0.2) is 0 Å². The maximum atomic E-state index is 5.35. The van der Waals surface area contributed by atoms with Crippen LogP contribution >= 0.6 is 0 Å². The summed E-state index contributed by atoms with van der Waals surface area (Å²) in [6.45, 7) is 11.4. The van der Waals surface area contributed by atoms with E-state index in [1.807, 2.05) is 6.92 Å². The molecule has 0 unspecified atom stereocenters. The predicted molar refractivity (Wildman–Crippen MR) is 87.6 cm³/mol. The summed E-state index contributed by atoms with van der Waals surface area (Å²) in [6.07, 6.45) is 0. The molecule has 18 heavy (non-hydrogen) atoms. The molecular formula is C15H43Y3-5. The first kappa shape index (κ1) is 131. The maximum Gasteiger partial charge on any atom is 0 e. The van der Waals surface area contributed by atoms with Crippen molar-refractivity contribution in [1.29, 1.82) is 0 Å². The third-order valence-electron chi connectivity index (χ3n) is 0.911. The minimum Gasteiger partial charge on any atom is -0.514 e. The largest absolute Gasteiger partial charge is 0.514 e. The molecule has 0 aromatic carbocycles. The molecule has 0 spiro atoms. The van der Waals surface area contributed by atoms with Crippen LogP contribution < -0.4 is 0 Å². The molecule has 0 saturated heterocycles. The Labute approximate surface area is 200 Å². The molecule has 0 aliphatic rings. The monoisotopic (exact) mass is 490 g/mol. The molecule has 0 fully saturated rings. The zero-order valence-corrected chi connectivity index (χ0v) is 18.9. The van der Waals surface area contributed by atoms with Crippen molar-refractivity contribution < 1.29 is 98.1 Å². The molecule has 0 aliphatic carbocycles. The van der Waals surface area contributed by atoms with Gasteiger partial charge in [-0.25, -0.2) is 0 Å². The van der Waals surface area contributed by atoms with Crippen LogP contribution in [0.1, 0.15) is 57.9 Å². The van der Waals surface area contributed by atoms with E-state index in [0.717, 1.165) is 5.57 Å². The quantitative estimate of drug-likeness (QED) is 0.348. The van der Waals surface area contributed by atoms with Gasteiger partial charge in [0.05, 0.1) is 0 Å². The zero-order chi connectivity index (χ0) is 5.15. The van der Waals surface area contributed by atoms with Crippen LogP contribution in [0.4, 0.5) is 0 Å². The van der Waals surface area contributed by atoms with Crippen LogP contribution in [0.3, 0.4) is 0 Å². The molecule has 0 bridgehead atoms. The molecule has 0 atom stereocenters. The summed E-state index contributed by atoms with van der Waals surface area (Å²) >= 11 is 0. The van der Waals surface area contributed by atoms with Gasteiger partial charge >= 0.3 is 0 Å². The van der Waals surface area contributed by atoms with Crippen LogP contribution in [-0.2, 0) is 98.1 Å². The summed E-state index contributed by atoms with van der Waals surface area (Å²) in [5.74, 6) is 0.546. The first-order chi connectivity index (χ1) is 2.64. The molecule has 0 heterocycles. The minimum absolute atomic E-state index is 0. The van der Waals surface area contributed by atoms with Gasteiger partial charge in [0, 0.05) is 98.1 Å². The average molecular weight is 490 g/mol. The Hall–Kier alpha value is 3.05. The zero-order valence-electron chi connectivity index (χ0n) is 10.4. The van der Waals surface area contributed by atoms with Crippen molar-refractivity contribution >= 4 is 0 Å². The minimum atomic E-state index is 0. The van der Waals surface area contributed by atoms with Crippen molar-refractivity contribution in [2.24, 2.45) is 5.92 Å². The van der Waals surface area contributed by atoms with Crippen LogP contribution in [0, 0.1) is 42.2 Å². The number of rotatable bonds is 1. The molecular weight excluding hydrogens is 447 g/mol. The summed E-state index contributed by atoms with van der Waals surface area (Å²) < 4.78 is 0. The summed E-state index contributed by atoms with van der Waals surface area (Å²) in [5.41, 5.74) is 1.01. The average Bonchev–Trinajstić information content (AvgIpc) is 1.36. The van der Waals surface area contributed by atoms with Gasteiger partial charge in [-0.05, 0) is 0 Å². The number of hydrogen-bond acceptors (Lipinski definition) is 0. The van der Waals surface area contributed by atoms with E-state index >= 15 is 0 Å². The maximum absolute atomic E-state index is 5.35. The van der Waals surface area contributed by atoms with Gasteiger partial charge in [-0.2, -0.15) is 0 Å². The van der Waals surface area contributed by atoms with Gasteiger partial charge in [0.2, 0.25) is 0 Å². The second kappa shape index (κ2) is 88.8. The molecule has 0 N–H and O–H groups in total. The molecule has 0 nitrogen and oxygen atoms in total. The summed E-state index contributed by atoms with van der Waals surface area (Å²) in [6, 6.07) is 0. The third kappa shape index (κ3) is 125. The summed E-state index contributed by atoms with van der Waals surface area (Å²) in [7, 11) is 0. The van der Waals surface area contributed by atoms with E-state index < -0.39 is 0 Å². The van der Waals surface area contributed by atoms with Crippen LogP contribution in [0.2, 0.25) is 0 Å². The number of allylic oxidation sites excluding steroid dienone is 1. The SMILES string of the molecule is C.C.C.C.C.[CH-]=C(C)C(C)C.[CH3-].[CH3-].[CH3-].[CH3-].[Y].[Y].[Y]. The second-order valence-electron chi connectivity index (χ2n) is 1.90. The van der Waals surface area contributed by atoms with E-state index in [-0.39, 0.29) is 165 Å². The van der Waals surface area contributed by atoms with Gasteiger partial charge in [0.1, 0.15) is 0 Å². The summed E-state index contributed by atoms with van der Waals surface area (Å²) in [5, 5.41) is 0. The van der Waals surface area contributed by atoms with E-state index in [4.69, 9.17) is 6.58 Å². The Morgan fingerprint density at radius 1 is 0.667 bits per heavy atom. The standard InChI is InChI=1S/C6H11.5CH4.4CH3.3Y/c1-5(2)6(3)4;;;;;;;;;;;;/h1,6H,2-4H3;5*1H4;4*1H3;;;/q-1;;;;;;4*-1;;;. The normalized spacial score (nSPS) is 3.11. The van der Waals surface area contributed by atoms with Crippen molar-refractivity contribution in [3.63, 3.8) is 0 Å².